The van der Waals surface area contributed by atoms with Gasteiger partial charge in [0, 0.05) is 0 Å². The van der Waals surface area contributed by atoms with Crippen molar-refractivity contribution in [2.24, 2.45) is 0 Å². The molecule has 0 saturated heterocycles. The minimum atomic E-state index is -3.75. The molecule has 0 spiro atoms. The van der Waals surface area contributed by atoms with E-state index in [-0.39, 0.29) is 4.90 Å². The molecular weight excluding hydrogens is 394 g/mol. The van der Waals surface area contributed by atoms with Crippen LogP contribution in [0, 0.1) is 6.92 Å². The zero-order valence-corrected chi connectivity index (χ0v) is 17.7. The van der Waals surface area contributed by atoms with Crippen molar-refractivity contribution < 1.29 is 13.2 Å². The molecule has 4 rings (SSSR count). The van der Waals surface area contributed by atoms with E-state index < -0.39 is 16.1 Å². The maximum absolute atomic E-state index is 13.3. The monoisotopic (exact) mass is 417 g/mol. The minimum absolute atomic E-state index is 0.230. The summed E-state index contributed by atoms with van der Waals surface area (Å²) in [5.74, 6) is 0.736. The SMILES string of the molecule is COc1ccc2cc(S(=O)(=O)N[C@@H](c3ccccc3)c3ccc(C)cc3)ccc2c1. The Balaban J connectivity index is 1.73. The molecule has 0 aliphatic heterocycles. The van der Waals surface area contributed by atoms with Gasteiger partial charge >= 0.3 is 0 Å². The van der Waals surface area contributed by atoms with Crippen molar-refractivity contribution in [1.82, 2.24) is 4.72 Å². The van der Waals surface area contributed by atoms with Gasteiger partial charge in [-0.15, -0.1) is 0 Å². The van der Waals surface area contributed by atoms with E-state index in [0.29, 0.717) is 0 Å². The number of methoxy groups -OCH3 is 1. The normalized spacial score (nSPS) is 12.6. The van der Waals surface area contributed by atoms with E-state index in [1.165, 1.54) is 0 Å². The van der Waals surface area contributed by atoms with E-state index in [4.69, 9.17) is 4.74 Å². The maximum Gasteiger partial charge on any atom is 0.241 e. The molecule has 30 heavy (non-hydrogen) atoms. The predicted molar refractivity (Wildman–Crippen MR) is 120 cm³/mol. The summed E-state index contributed by atoms with van der Waals surface area (Å²) < 4.78 is 34.7. The molecule has 4 aromatic rings. The highest BCUT2D eigenvalue weighted by Crippen LogP contribution is 2.27. The third-order valence-corrected chi connectivity index (χ3v) is 6.57. The molecule has 0 aliphatic carbocycles. The first-order chi connectivity index (χ1) is 14.5. The van der Waals surface area contributed by atoms with Crippen molar-refractivity contribution in [2.75, 3.05) is 7.11 Å². The van der Waals surface area contributed by atoms with Gasteiger partial charge in [0.1, 0.15) is 5.75 Å². The number of hydrogen-bond acceptors (Lipinski definition) is 3. The van der Waals surface area contributed by atoms with Crippen LogP contribution in [0.4, 0.5) is 0 Å². The van der Waals surface area contributed by atoms with E-state index in [2.05, 4.69) is 4.72 Å². The quantitative estimate of drug-likeness (QED) is 0.468. The van der Waals surface area contributed by atoms with E-state index >= 15 is 0 Å². The Kier molecular flexibility index (Phi) is 5.57. The third-order valence-electron chi connectivity index (χ3n) is 5.15. The second-order valence-corrected chi connectivity index (χ2v) is 8.96. The average Bonchev–Trinajstić information content (AvgIpc) is 2.78. The molecule has 1 atom stereocenters. The Morgan fingerprint density at radius 2 is 1.40 bits per heavy atom. The van der Waals surface area contributed by atoms with Crippen molar-refractivity contribution in [3.63, 3.8) is 0 Å². The van der Waals surface area contributed by atoms with E-state index in [9.17, 15) is 8.42 Å². The van der Waals surface area contributed by atoms with Gasteiger partial charge in [-0.3, -0.25) is 0 Å². The van der Waals surface area contributed by atoms with E-state index in [1.807, 2.05) is 79.7 Å². The number of aryl methyl sites for hydroxylation is 1. The Morgan fingerprint density at radius 3 is 2.10 bits per heavy atom. The first kappa shape index (κ1) is 20.1. The molecular formula is C25H23NO3S. The van der Waals surface area contributed by atoms with Crippen LogP contribution in [-0.4, -0.2) is 15.5 Å². The Bertz CT molecular complexity index is 1270. The lowest BCUT2D eigenvalue weighted by Crippen LogP contribution is -2.29. The fourth-order valence-corrected chi connectivity index (χ4v) is 4.70. The summed E-state index contributed by atoms with van der Waals surface area (Å²) in [6.07, 6.45) is 0. The summed E-state index contributed by atoms with van der Waals surface area (Å²) in [6.45, 7) is 2.01. The summed E-state index contributed by atoms with van der Waals surface area (Å²) in [6, 6.07) is 27.7. The third kappa shape index (κ3) is 4.22. The second-order valence-electron chi connectivity index (χ2n) is 7.25. The largest absolute Gasteiger partial charge is 0.497 e. The van der Waals surface area contributed by atoms with Crippen LogP contribution in [0.2, 0.25) is 0 Å². The highest BCUT2D eigenvalue weighted by molar-refractivity contribution is 7.89. The molecule has 4 nitrogen and oxygen atoms in total. The van der Waals surface area contributed by atoms with Crippen LogP contribution < -0.4 is 9.46 Å². The summed E-state index contributed by atoms with van der Waals surface area (Å²) in [4.78, 5) is 0.230. The molecule has 0 radical (unpaired) electrons. The highest BCUT2D eigenvalue weighted by Gasteiger charge is 2.23. The molecule has 5 heteroatoms. The average molecular weight is 418 g/mol. The first-order valence-electron chi connectivity index (χ1n) is 9.68. The van der Waals surface area contributed by atoms with Gasteiger partial charge in [0.15, 0.2) is 0 Å². The highest BCUT2D eigenvalue weighted by atomic mass is 32.2. The van der Waals surface area contributed by atoms with Gasteiger partial charge in [0.25, 0.3) is 0 Å². The molecule has 0 heterocycles. The van der Waals surface area contributed by atoms with Crippen LogP contribution in [0.5, 0.6) is 5.75 Å². The molecule has 0 amide bonds. The van der Waals surface area contributed by atoms with Gasteiger partial charge in [-0.1, -0.05) is 72.3 Å². The molecule has 0 aliphatic rings. The Hall–Kier alpha value is -3.15. The van der Waals surface area contributed by atoms with Crippen LogP contribution >= 0.6 is 0 Å². The predicted octanol–water partition coefficient (Wildman–Crippen LogP) is 5.22. The summed E-state index contributed by atoms with van der Waals surface area (Å²) in [7, 11) is -2.14. The van der Waals surface area contributed by atoms with Gasteiger partial charge in [-0.25, -0.2) is 8.42 Å². The number of fused-ring (bicyclic) bond motifs is 1. The Labute approximate surface area is 177 Å². The van der Waals surface area contributed by atoms with Gasteiger partial charge in [-0.2, -0.15) is 4.72 Å². The van der Waals surface area contributed by atoms with Gasteiger partial charge in [0.05, 0.1) is 18.0 Å². The van der Waals surface area contributed by atoms with Crippen LogP contribution in [0.3, 0.4) is 0 Å². The van der Waals surface area contributed by atoms with Gasteiger partial charge in [0.2, 0.25) is 10.0 Å². The summed E-state index contributed by atoms with van der Waals surface area (Å²) in [5, 5.41) is 1.76. The van der Waals surface area contributed by atoms with Crippen LogP contribution in [0.1, 0.15) is 22.7 Å². The van der Waals surface area contributed by atoms with Crippen LogP contribution in [0.15, 0.2) is 95.9 Å². The number of ether oxygens (including phenoxy) is 1. The molecule has 0 aromatic heterocycles. The van der Waals surface area contributed by atoms with E-state index in [0.717, 1.165) is 33.2 Å². The molecule has 0 unspecified atom stereocenters. The Morgan fingerprint density at radius 1 is 0.767 bits per heavy atom. The molecule has 1 N–H and O–H groups in total. The second kappa shape index (κ2) is 8.30. The summed E-state index contributed by atoms with van der Waals surface area (Å²) in [5.41, 5.74) is 2.90. The van der Waals surface area contributed by atoms with Crippen molar-refractivity contribution in [2.45, 2.75) is 17.9 Å². The van der Waals surface area contributed by atoms with Crippen molar-refractivity contribution in [1.29, 1.82) is 0 Å². The lowest BCUT2D eigenvalue weighted by Gasteiger charge is -2.20. The summed E-state index contributed by atoms with van der Waals surface area (Å²) >= 11 is 0. The number of sulfonamides is 1. The standard InChI is InChI=1S/C25H23NO3S/c1-18-8-10-20(11-9-18)25(19-6-4-3-5-7-19)26-30(27,28)24-15-13-21-16-23(29-2)14-12-22(21)17-24/h3-17,25-26H,1-2H3/t25-/m0/s1. The van der Waals surface area contributed by atoms with Crippen molar-refractivity contribution in [3.05, 3.63) is 108 Å². The van der Waals surface area contributed by atoms with Crippen LogP contribution in [-0.2, 0) is 10.0 Å². The lowest BCUT2D eigenvalue weighted by atomic mass is 9.99. The minimum Gasteiger partial charge on any atom is -0.497 e. The zero-order chi connectivity index (χ0) is 21.1. The smallest absolute Gasteiger partial charge is 0.241 e. The fourth-order valence-electron chi connectivity index (χ4n) is 3.45. The molecule has 0 fully saturated rings. The molecule has 4 aromatic carbocycles. The number of nitrogens with one attached hydrogen (secondary N) is 1. The van der Waals surface area contributed by atoms with Crippen molar-refractivity contribution in [3.8, 4) is 5.75 Å². The number of hydrogen-bond donors (Lipinski definition) is 1. The lowest BCUT2D eigenvalue weighted by molar-refractivity contribution is 0.415. The van der Waals surface area contributed by atoms with Gasteiger partial charge in [-0.05, 0) is 53.1 Å². The van der Waals surface area contributed by atoms with E-state index in [1.54, 1.807) is 25.3 Å². The van der Waals surface area contributed by atoms with Crippen molar-refractivity contribution >= 4 is 20.8 Å². The fraction of sp³-hybridized carbons (Fsp3) is 0.120. The number of benzene rings is 4. The zero-order valence-electron chi connectivity index (χ0n) is 16.9. The molecule has 0 saturated carbocycles. The number of rotatable bonds is 6. The first-order valence-corrected chi connectivity index (χ1v) is 11.2. The molecule has 0 bridgehead atoms. The topological polar surface area (TPSA) is 55.4 Å². The molecule has 152 valence electrons. The van der Waals surface area contributed by atoms with Crippen LogP contribution in [0.25, 0.3) is 10.8 Å². The van der Waals surface area contributed by atoms with Gasteiger partial charge < -0.3 is 4.74 Å². The maximum atomic E-state index is 13.3.